The molecule has 1 aliphatic rings. The Hall–Kier alpha value is -3.05. The minimum absolute atomic E-state index is 0.276. The summed E-state index contributed by atoms with van der Waals surface area (Å²) in [5.74, 6) is 0.538. The van der Waals surface area contributed by atoms with Gasteiger partial charge in [-0.1, -0.05) is 23.5 Å². The van der Waals surface area contributed by atoms with Crippen molar-refractivity contribution >= 4 is 55.5 Å². The van der Waals surface area contributed by atoms with Gasteiger partial charge in [0.15, 0.2) is 5.58 Å². The topological polar surface area (TPSA) is 97.3 Å². The summed E-state index contributed by atoms with van der Waals surface area (Å²) >= 11 is 4.99. The zero-order chi connectivity index (χ0) is 20.0. The third-order valence-corrected chi connectivity index (χ3v) is 5.65. The standard InChI is InChI=1S/C18H15BrN8OS/c1-10-7-13(15-11(19)8-26(2)25-15)21-16(27(10)18-24-20-9-29-18)23-17-22-12-5-3-4-6-14(12)28-17/h3-9,13H,1-2H3,(H,21,22,23). The molecule has 4 heterocycles. The first-order valence-electron chi connectivity index (χ1n) is 8.72. The van der Waals surface area contributed by atoms with Crippen LogP contribution < -0.4 is 10.2 Å². The van der Waals surface area contributed by atoms with Crippen LogP contribution in [-0.4, -0.2) is 30.9 Å². The van der Waals surface area contributed by atoms with E-state index in [2.05, 4.69) is 41.5 Å². The van der Waals surface area contributed by atoms with Crippen LogP contribution in [0.5, 0.6) is 0 Å². The molecule has 1 aromatic carbocycles. The van der Waals surface area contributed by atoms with Gasteiger partial charge in [0.1, 0.15) is 22.8 Å². The highest BCUT2D eigenvalue weighted by atomic mass is 79.9. The number of aryl methyl sites for hydroxylation is 1. The second-order valence-corrected chi connectivity index (χ2v) is 8.08. The summed E-state index contributed by atoms with van der Waals surface area (Å²) in [5, 5.41) is 16.6. The number of fused-ring (bicyclic) bond motifs is 1. The van der Waals surface area contributed by atoms with E-state index in [1.165, 1.54) is 11.3 Å². The molecule has 1 unspecified atom stereocenters. The van der Waals surface area contributed by atoms with Crippen LogP contribution in [0.4, 0.5) is 11.1 Å². The van der Waals surface area contributed by atoms with E-state index in [0.29, 0.717) is 22.7 Å². The van der Waals surface area contributed by atoms with Gasteiger partial charge < -0.3 is 4.42 Å². The molecule has 0 radical (unpaired) electrons. The van der Waals surface area contributed by atoms with E-state index in [1.807, 2.05) is 55.4 Å². The smallest absolute Gasteiger partial charge is 0.302 e. The van der Waals surface area contributed by atoms with E-state index in [0.717, 1.165) is 21.4 Å². The van der Waals surface area contributed by atoms with Crippen LogP contribution in [0.15, 0.2) is 61.6 Å². The van der Waals surface area contributed by atoms with Crippen molar-refractivity contribution in [2.24, 2.45) is 12.0 Å². The van der Waals surface area contributed by atoms with Crippen LogP contribution in [0.3, 0.4) is 0 Å². The molecule has 3 aromatic heterocycles. The minimum Gasteiger partial charge on any atom is -0.423 e. The van der Waals surface area contributed by atoms with Crippen molar-refractivity contribution in [3.05, 3.63) is 57.9 Å². The van der Waals surface area contributed by atoms with Crippen LogP contribution >= 0.6 is 27.3 Å². The van der Waals surface area contributed by atoms with E-state index in [1.54, 1.807) is 10.2 Å². The van der Waals surface area contributed by atoms with Gasteiger partial charge in [-0.15, -0.1) is 10.2 Å². The number of para-hydroxylation sites is 2. The highest BCUT2D eigenvalue weighted by molar-refractivity contribution is 9.10. The lowest BCUT2D eigenvalue weighted by atomic mass is 10.1. The Bertz CT molecular complexity index is 1210. The molecule has 0 saturated heterocycles. The minimum atomic E-state index is -0.276. The van der Waals surface area contributed by atoms with E-state index in [4.69, 9.17) is 9.41 Å². The molecule has 9 nitrogen and oxygen atoms in total. The average Bonchev–Trinajstić information content (AvgIpc) is 3.41. The summed E-state index contributed by atoms with van der Waals surface area (Å²) in [4.78, 5) is 11.3. The molecule has 0 aliphatic carbocycles. The van der Waals surface area contributed by atoms with Crippen molar-refractivity contribution in [2.45, 2.75) is 13.0 Å². The zero-order valence-corrected chi connectivity index (χ0v) is 17.8. The maximum Gasteiger partial charge on any atom is 0.302 e. The van der Waals surface area contributed by atoms with Gasteiger partial charge in [0.25, 0.3) is 0 Å². The van der Waals surface area contributed by atoms with E-state index in [9.17, 15) is 0 Å². The molecule has 5 rings (SSSR count). The number of hydrogen-bond acceptors (Lipinski definition) is 9. The lowest BCUT2D eigenvalue weighted by molar-refractivity contribution is 0.623. The van der Waals surface area contributed by atoms with E-state index < -0.39 is 0 Å². The van der Waals surface area contributed by atoms with Crippen molar-refractivity contribution in [2.75, 3.05) is 10.2 Å². The molecule has 0 bridgehead atoms. The summed E-state index contributed by atoms with van der Waals surface area (Å²) in [7, 11) is 1.88. The highest BCUT2D eigenvalue weighted by Crippen LogP contribution is 2.33. The maximum absolute atomic E-state index is 5.83. The molecular weight excluding hydrogens is 456 g/mol. The van der Waals surface area contributed by atoms with Crippen LogP contribution in [0.25, 0.3) is 11.1 Å². The molecule has 29 heavy (non-hydrogen) atoms. The Labute approximate surface area is 177 Å². The van der Waals surface area contributed by atoms with Crippen LogP contribution in [-0.2, 0) is 7.05 Å². The Balaban J connectivity index is 1.57. The van der Waals surface area contributed by atoms with Crippen molar-refractivity contribution < 1.29 is 4.42 Å². The molecule has 0 amide bonds. The lowest BCUT2D eigenvalue weighted by Crippen LogP contribution is -2.38. The monoisotopic (exact) mass is 470 g/mol. The van der Waals surface area contributed by atoms with Gasteiger partial charge in [-0.05, 0) is 41.1 Å². The van der Waals surface area contributed by atoms with Crippen LogP contribution in [0.1, 0.15) is 18.7 Å². The van der Waals surface area contributed by atoms with Gasteiger partial charge in [0.05, 0.1) is 4.47 Å². The van der Waals surface area contributed by atoms with Crippen LogP contribution in [0.2, 0.25) is 0 Å². The third kappa shape index (κ3) is 3.32. The maximum atomic E-state index is 5.83. The molecule has 1 aliphatic heterocycles. The quantitative estimate of drug-likeness (QED) is 0.480. The first kappa shape index (κ1) is 18.0. The summed E-state index contributed by atoms with van der Waals surface area (Å²) in [6.07, 6.45) is 3.94. The lowest BCUT2D eigenvalue weighted by Gasteiger charge is -2.28. The predicted octanol–water partition coefficient (Wildman–Crippen LogP) is 4.11. The SMILES string of the molecule is CC1=CC(c2nn(C)cc2Br)N=C(Nc2nc3ccccc3o2)N1c1nncs1. The molecule has 0 fully saturated rings. The van der Waals surface area contributed by atoms with Crippen molar-refractivity contribution in [1.82, 2.24) is 25.0 Å². The fourth-order valence-corrected chi connectivity index (χ4v) is 4.36. The summed E-state index contributed by atoms with van der Waals surface area (Å²) in [6.45, 7) is 1.99. The number of rotatable bonds is 3. The number of aliphatic imine (C=N–C) groups is 1. The van der Waals surface area contributed by atoms with Gasteiger partial charge in [-0.3, -0.25) is 14.9 Å². The van der Waals surface area contributed by atoms with Gasteiger partial charge in [-0.25, -0.2) is 4.99 Å². The number of oxazole rings is 1. The molecule has 11 heteroatoms. The van der Waals surface area contributed by atoms with E-state index >= 15 is 0 Å². The second-order valence-electron chi connectivity index (χ2n) is 6.41. The molecule has 0 saturated carbocycles. The van der Waals surface area contributed by atoms with Gasteiger partial charge in [0, 0.05) is 18.9 Å². The van der Waals surface area contributed by atoms with Gasteiger partial charge in [-0.2, -0.15) is 10.1 Å². The number of aromatic nitrogens is 5. The van der Waals surface area contributed by atoms with Crippen molar-refractivity contribution in [1.29, 1.82) is 0 Å². The number of halogens is 1. The fraction of sp³-hybridized carbons (Fsp3) is 0.167. The van der Waals surface area contributed by atoms with Crippen molar-refractivity contribution in [3.8, 4) is 0 Å². The number of nitrogens with one attached hydrogen (secondary N) is 1. The first-order chi connectivity index (χ1) is 14.1. The molecule has 4 aromatic rings. The number of nitrogens with zero attached hydrogens (tertiary/aromatic N) is 7. The summed E-state index contributed by atoms with van der Waals surface area (Å²) in [6, 6.07) is 7.67. The summed E-state index contributed by atoms with van der Waals surface area (Å²) < 4.78 is 8.47. The Morgan fingerprint density at radius 3 is 2.86 bits per heavy atom. The molecule has 0 spiro atoms. The van der Waals surface area contributed by atoms with Gasteiger partial charge >= 0.3 is 6.01 Å². The van der Waals surface area contributed by atoms with Crippen LogP contribution in [0, 0.1) is 0 Å². The second kappa shape index (κ2) is 7.08. The van der Waals surface area contributed by atoms with Gasteiger partial charge in [0.2, 0.25) is 11.1 Å². The third-order valence-electron chi connectivity index (χ3n) is 4.37. The molecule has 1 N–H and O–H groups in total. The first-order valence-corrected chi connectivity index (χ1v) is 10.4. The number of allylic oxidation sites excluding steroid dienone is 1. The normalized spacial score (nSPS) is 16.8. The van der Waals surface area contributed by atoms with E-state index in [-0.39, 0.29) is 6.04 Å². The number of guanidine groups is 1. The average molecular weight is 471 g/mol. The molecule has 146 valence electrons. The number of benzene rings is 1. The largest absolute Gasteiger partial charge is 0.423 e. The Morgan fingerprint density at radius 2 is 2.14 bits per heavy atom. The molecular formula is C18H15BrN8OS. The number of hydrogen-bond donors (Lipinski definition) is 1. The summed E-state index contributed by atoms with van der Waals surface area (Å²) in [5.41, 5.74) is 4.91. The number of anilines is 2. The van der Waals surface area contributed by atoms with Crippen molar-refractivity contribution in [3.63, 3.8) is 0 Å². The Morgan fingerprint density at radius 1 is 1.28 bits per heavy atom. The highest BCUT2D eigenvalue weighted by Gasteiger charge is 2.29. The fourth-order valence-electron chi connectivity index (χ4n) is 3.13. The molecule has 1 atom stereocenters. The predicted molar refractivity (Wildman–Crippen MR) is 115 cm³/mol. The zero-order valence-electron chi connectivity index (χ0n) is 15.4. The Kier molecular flexibility index (Phi) is 4.40.